The Morgan fingerprint density at radius 2 is 1.89 bits per heavy atom. The zero-order valence-electron chi connectivity index (χ0n) is 12.1. The first-order valence-corrected chi connectivity index (χ1v) is 7.09. The lowest BCUT2D eigenvalue weighted by Gasteiger charge is -2.19. The van der Waals surface area contributed by atoms with Crippen molar-refractivity contribution in [3.8, 4) is 0 Å². The Labute approximate surface area is 116 Å². The molecule has 1 aromatic rings. The Hall–Kier alpha value is -1.35. The van der Waals surface area contributed by atoms with Crippen LogP contribution in [0.1, 0.15) is 39.2 Å². The van der Waals surface area contributed by atoms with Crippen molar-refractivity contribution in [2.45, 2.75) is 40.0 Å². The third-order valence-electron chi connectivity index (χ3n) is 3.36. The van der Waals surface area contributed by atoms with Crippen LogP contribution in [0.3, 0.4) is 0 Å². The normalized spacial score (nSPS) is 12.5. The number of nitrogens with one attached hydrogen (secondary N) is 1. The number of rotatable bonds is 7. The minimum atomic E-state index is 0.0714. The Kier molecular flexibility index (Phi) is 6.57. The summed E-state index contributed by atoms with van der Waals surface area (Å²) in [5.74, 6) is 0.530. The molecule has 0 saturated carbocycles. The zero-order chi connectivity index (χ0) is 14.3. The van der Waals surface area contributed by atoms with Gasteiger partial charge in [0.15, 0.2) is 0 Å². The first-order chi connectivity index (χ1) is 9.08. The number of anilines is 1. The summed E-state index contributed by atoms with van der Waals surface area (Å²) in [6.07, 6.45) is 2.59. The van der Waals surface area contributed by atoms with Crippen molar-refractivity contribution >= 4 is 11.6 Å². The van der Waals surface area contributed by atoms with Crippen LogP contribution >= 0.6 is 0 Å². The molecule has 0 aromatic heterocycles. The Morgan fingerprint density at radius 3 is 2.37 bits per heavy atom. The molecule has 0 radical (unpaired) electrons. The first kappa shape index (κ1) is 15.7. The quantitative estimate of drug-likeness (QED) is 0.793. The van der Waals surface area contributed by atoms with Gasteiger partial charge in [-0.15, -0.1) is 0 Å². The van der Waals surface area contributed by atoms with Gasteiger partial charge in [-0.05, 0) is 36.5 Å². The van der Waals surface area contributed by atoms with Crippen LogP contribution < -0.4 is 5.32 Å². The van der Waals surface area contributed by atoms with E-state index in [0.29, 0.717) is 12.3 Å². The minimum Gasteiger partial charge on any atom is -0.396 e. The zero-order valence-corrected chi connectivity index (χ0v) is 12.1. The molecule has 0 aliphatic heterocycles. The molecule has 0 saturated heterocycles. The molecule has 0 heterocycles. The maximum atomic E-state index is 12.2. The van der Waals surface area contributed by atoms with Gasteiger partial charge >= 0.3 is 0 Å². The molecule has 3 heteroatoms. The topological polar surface area (TPSA) is 49.3 Å². The highest BCUT2D eigenvalue weighted by Gasteiger charge is 2.21. The van der Waals surface area contributed by atoms with E-state index in [1.54, 1.807) is 0 Å². The number of aliphatic hydroxyl groups excluding tert-OH is 1. The summed E-state index contributed by atoms with van der Waals surface area (Å²) in [6, 6.07) is 7.67. The van der Waals surface area contributed by atoms with E-state index in [1.807, 2.05) is 24.3 Å². The minimum absolute atomic E-state index is 0.0714. The fourth-order valence-corrected chi connectivity index (χ4v) is 2.20. The Morgan fingerprint density at radius 1 is 1.26 bits per heavy atom. The summed E-state index contributed by atoms with van der Waals surface area (Å²) >= 11 is 0. The summed E-state index contributed by atoms with van der Waals surface area (Å²) in [6.45, 7) is 6.43. The summed E-state index contributed by atoms with van der Waals surface area (Å²) in [4.78, 5) is 12.2. The van der Waals surface area contributed by atoms with Crippen LogP contribution in [0.4, 0.5) is 5.69 Å². The van der Waals surface area contributed by atoms with Gasteiger partial charge in [-0.1, -0.05) is 39.3 Å². The van der Waals surface area contributed by atoms with E-state index in [4.69, 9.17) is 5.11 Å². The molecule has 0 fully saturated rings. The van der Waals surface area contributed by atoms with Crippen LogP contribution in [0.25, 0.3) is 0 Å². The maximum absolute atomic E-state index is 12.2. The van der Waals surface area contributed by atoms with E-state index in [2.05, 4.69) is 26.1 Å². The summed E-state index contributed by atoms with van der Waals surface area (Å²) in [5, 5.41) is 11.8. The van der Waals surface area contributed by atoms with Crippen molar-refractivity contribution < 1.29 is 9.90 Å². The predicted molar refractivity (Wildman–Crippen MR) is 79.1 cm³/mol. The van der Waals surface area contributed by atoms with Gasteiger partial charge in [-0.2, -0.15) is 0 Å². The molecule has 3 nitrogen and oxygen atoms in total. The van der Waals surface area contributed by atoms with Gasteiger partial charge in [0, 0.05) is 18.2 Å². The molecule has 1 aromatic carbocycles. The number of amides is 1. The Bertz CT molecular complexity index is 384. The molecule has 0 aliphatic carbocycles. The van der Waals surface area contributed by atoms with E-state index in [1.165, 1.54) is 0 Å². The highest BCUT2D eigenvalue weighted by Crippen LogP contribution is 2.20. The van der Waals surface area contributed by atoms with Crippen molar-refractivity contribution in [2.75, 3.05) is 11.9 Å². The van der Waals surface area contributed by atoms with Gasteiger partial charge < -0.3 is 10.4 Å². The van der Waals surface area contributed by atoms with Gasteiger partial charge in [0.05, 0.1) is 0 Å². The van der Waals surface area contributed by atoms with E-state index in [0.717, 1.165) is 24.1 Å². The smallest absolute Gasteiger partial charge is 0.227 e. The van der Waals surface area contributed by atoms with Crippen molar-refractivity contribution in [1.82, 2.24) is 0 Å². The molecule has 106 valence electrons. The van der Waals surface area contributed by atoms with Crippen LogP contribution in [-0.2, 0) is 11.2 Å². The monoisotopic (exact) mass is 263 g/mol. The highest BCUT2D eigenvalue weighted by molar-refractivity contribution is 5.92. The number of carbonyl (C=O) groups excluding carboxylic acids is 1. The van der Waals surface area contributed by atoms with Crippen LogP contribution in [-0.4, -0.2) is 17.6 Å². The largest absolute Gasteiger partial charge is 0.396 e. The number of benzene rings is 1. The van der Waals surface area contributed by atoms with Crippen LogP contribution in [0, 0.1) is 11.8 Å². The predicted octanol–water partition coefficient (Wildman–Crippen LogP) is 3.23. The van der Waals surface area contributed by atoms with E-state index < -0.39 is 0 Å². The van der Waals surface area contributed by atoms with E-state index >= 15 is 0 Å². The summed E-state index contributed by atoms with van der Waals surface area (Å²) in [5.41, 5.74) is 1.91. The standard InChI is InChI=1S/C16H25NO2/c1-4-5-15(12(2)3)16(19)17-14-8-6-13(7-9-14)10-11-18/h6-9,12,15,18H,4-5,10-11H2,1-3H3,(H,17,19). The van der Waals surface area contributed by atoms with E-state index in [-0.39, 0.29) is 18.4 Å². The molecule has 0 aliphatic rings. The van der Waals surface area contributed by atoms with Gasteiger partial charge in [0.2, 0.25) is 5.91 Å². The first-order valence-electron chi connectivity index (χ1n) is 7.09. The number of aliphatic hydroxyl groups is 1. The molecule has 0 spiro atoms. The molecular formula is C16H25NO2. The third-order valence-corrected chi connectivity index (χ3v) is 3.36. The van der Waals surface area contributed by atoms with Crippen LogP contribution in [0.5, 0.6) is 0 Å². The molecule has 1 unspecified atom stereocenters. The maximum Gasteiger partial charge on any atom is 0.227 e. The molecule has 1 rings (SSSR count). The SMILES string of the molecule is CCCC(C(=O)Nc1ccc(CCO)cc1)C(C)C. The fourth-order valence-electron chi connectivity index (χ4n) is 2.20. The second-order valence-corrected chi connectivity index (χ2v) is 5.30. The van der Waals surface area contributed by atoms with Crippen molar-refractivity contribution in [3.63, 3.8) is 0 Å². The van der Waals surface area contributed by atoms with Crippen molar-refractivity contribution in [3.05, 3.63) is 29.8 Å². The van der Waals surface area contributed by atoms with Gasteiger partial charge in [-0.3, -0.25) is 4.79 Å². The molecule has 1 atom stereocenters. The van der Waals surface area contributed by atoms with Gasteiger partial charge in [-0.25, -0.2) is 0 Å². The number of hydrogen-bond donors (Lipinski definition) is 2. The average Bonchev–Trinajstić information content (AvgIpc) is 2.38. The van der Waals surface area contributed by atoms with Crippen molar-refractivity contribution in [1.29, 1.82) is 0 Å². The molecule has 1 amide bonds. The number of hydrogen-bond acceptors (Lipinski definition) is 2. The lowest BCUT2D eigenvalue weighted by molar-refractivity contribution is -0.121. The van der Waals surface area contributed by atoms with Crippen LogP contribution in [0.2, 0.25) is 0 Å². The van der Waals surface area contributed by atoms with Crippen molar-refractivity contribution in [2.24, 2.45) is 11.8 Å². The molecule has 0 bridgehead atoms. The Balaban J connectivity index is 2.64. The van der Waals surface area contributed by atoms with Crippen LogP contribution in [0.15, 0.2) is 24.3 Å². The summed E-state index contributed by atoms with van der Waals surface area (Å²) in [7, 11) is 0. The third kappa shape index (κ3) is 5.03. The summed E-state index contributed by atoms with van der Waals surface area (Å²) < 4.78 is 0. The molecular weight excluding hydrogens is 238 g/mol. The van der Waals surface area contributed by atoms with Gasteiger partial charge in [0.25, 0.3) is 0 Å². The fraction of sp³-hybridized carbons (Fsp3) is 0.562. The van der Waals surface area contributed by atoms with Gasteiger partial charge in [0.1, 0.15) is 0 Å². The lowest BCUT2D eigenvalue weighted by atomic mass is 9.90. The number of carbonyl (C=O) groups is 1. The van der Waals surface area contributed by atoms with E-state index in [9.17, 15) is 4.79 Å². The average molecular weight is 263 g/mol. The lowest BCUT2D eigenvalue weighted by Crippen LogP contribution is -2.26. The molecule has 2 N–H and O–H groups in total. The second-order valence-electron chi connectivity index (χ2n) is 5.30. The molecule has 19 heavy (non-hydrogen) atoms. The second kappa shape index (κ2) is 7.95. The highest BCUT2D eigenvalue weighted by atomic mass is 16.2.